The molecule has 5 heteroatoms. The molecule has 0 spiro atoms. The molecule has 23 heavy (non-hydrogen) atoms. The monoisotopic (exact) mass is 312 g/mol. The molecule has 1 aromatic carbocycles. The van der Waals surface area contributed by atoms with Crippen LogP contribution in [0.25, 0.3) is 0 Å². The Balaban J connectivity index is 1.56. The number of hydrogen-bond acceptors (Lipinski definition) is 3. The first kappa shape index (κ1) is 15.7. The van der Waals surface area contributed by atoms with Gasteiger partial charge in [0.15, 0.2) is 0 Å². The minimum Gasteiger partial charge on any atom is -0.350 e. The highest BCUT2D eigenvalue weighted by Crippen LogP contribution is 2.22. The van der Waals surface area contributed by atoms with E-state index in [1.807, 2.05) is 24.4 Å². The van der Waals surface area contributed by atoms with Gasteiger partial charge in [0.2, 0.25) is 0 Å². The average Bonchev–Trinajstić information content (AvgIpc) is 3.26. The summed E-state index contributed by atoms with van der Waals surface area (Å²) in [6.45, 7) is 5.51. The highest BCUT2D eigenvalue weighted by atomic mass is 16.1. The Bertz CT molecular complexity index is 659. The van der Waals surface area contributed by atoms with Crippen molar-refractivity contribution in [1.29, 1.82) is 0 Å². The van der Waals surface area contributed by atoms with Crippen molar-refractivity contribution in [3.8, 4) is 0 Å². The smallest absolute Gasteiger partial charge is 0.251 e. The van der Waals surface area contributed by atoms with Crippen LogP contribution in [-0.4, -0.2) is 35.1 Å². The summed E-state index contributed by atoms with van der Waals surface area (Å²) < 4.78 is 2.08. The van der Waals surface area contributed by atoms with E-state index in [9.17, 15) is 4.79 Å². The molecule has 3 rings (SSSR count). The predicted octanol–water partition coefficient (Wildman–Crippen LogP) is 1.95. The van der Waals surface area contributed by atoms with Crippen molar-refractivity contribution in [3.05, 3.63) is 53.6 Å². The first-order valence-electron chi connectivity index (χ1n) is 8.37. The second-order valence-corrected chi connectivity index (χ2v) is 5.96. The summed E-state index contributed by atoms with van der Waals surface area (Å²) in [5.41, 5.74) is 2.00. The van der Waals surface area contributed by atoms with Gasteiger partial charge in [-0.3, -0.25) is 4.79 Å². The molecule has 0 unspecified atom stereocenters. The van der Waals surface area contributed by atoms with Crippen molar-refractivity contribution < 1.29 is 4.79 Å². The van der Waals surface area contributed by atoms with Crippen LogP contribution in [0, 0.1) is 0 Å². The topological polar surface area (TPSA) is 59.0 Å². The summed E-state index contributed by atoms with van der Waals surface area (Å²) in [6.07, 6.45) is 5.81. The third-order valence-electron chi connectivity index (χ3n) is 4.44. The first-order valence-corrected chi connectivity index (χ1v) is 8.37. The Morgan fingerprint density at radius 3 is 3.17 bits per heavy atom. The van der Waals surface area contributed by atoms with Gasteiger partial charge in [-0.2, -0.15) is 0 Å². The van der Waals surface area contributed by atoms with Crippen molar-refractivity contribution in [2.45, 2.75) is 32.2 Å². The van der Waals surface area contributed by atoms with Crippen molar-refractivity contribution >= 4 is 5.91 Å². The Labute approximate surface area is 137 Å². The molecule has 1 aliphatic heterocycles. The maximum absolute atomic E-state index is 12.3. The lowest BCUT2D eigenvalue weighted by Gasteiger charge is -2.11. The lowest BCUT2D eigenvalue weighted by atomic mass is 9.96. The largest absolute Gasteiger partial charge is 0.350 e. The normalized spacial score (nSPS) is 17.3. The number of hydrogen-bond donors (Lipinski definition) is 2. The molecule has 0 bridgehead atoms. The molecule has 1 aromatic heterocycles. The quantitative estimate of drug-likeness (QED) is 0.857. The summed E-state index contributed by atoms with van der Waals surface area (Å²) in [5.74, 6) is 1.58. The number of aryl methyl sites for hydroxylation is 1. The Kier molecular flexibility index (Phi) is 5.08. The van der Waals surface area contributed by atoms with E-state index in [0.29, 0.717) is 12.5 Å². The first-order chi connectivity index (χ1) is 11.3. The zero-order valence-corrected chi connectivity index (χ0v) is 13.6. The molecule has 1 aliphatic rings. The van der Waals surface area contributed by atoms with Gasteiger partial charge in [0.05, 0.1) is 0 Å². The van der Waals surface area contributed by atoms with Crippen molar-refractivity contribution in [2.75, 3.05) is 19.6 Å². The van der Waals surface area contributed by atoms with E-state index >= 15 is 0 Å². The maximum atomic E-state index is 12.3. The lowest BCUT2D eigenvalue weighted by molar-refractivity contribution is 0.0952. The fourth-order valence-corrected chi connectivity index (χ4v) is 3.12. The van der Waals surface area contributed by atoms with Crippen LogP contribution in [0.15, 0.2) is 36.7 Å². The van der Waals surface area contributed by atoms with Crippen molar-refractivity contribution in [3.63, 3.8) is 0 Å². The number of nitrogens with zero attached hydrogens (tertiary/aromatic N) is 2. The molecule has 1 saturated heterocycles. The van der Waals surface area contributed by atoms with Gasteiger partial charge in [-0.25, -0.2) is 4.98 Å². The van der Waals surface area contributed by atoms with E-state index in [1.165, 1.54) is 5.56 Å². The molecule has 0 aliphatic carbocycles. The minimum absolute atomic E-state index is 0.00373. The number of carbonyl (C=O) groups is 1. The zero-order chi connectivity index (χ0) is 16.1. The number of carbonyl (C=O) groups excluding carboxylic acids is 1. The molecule has 122 valence electrons. The predicted molar refractivity (Wildman–Crippen MR) is 90.6 cm³/mol. The van der Waals surface area contributed by atoms with Crippen molar-refractivity contribution in [1.82, 2.24) is 20.2 Å². The highest BCUT2D eigenvalue weighted by Gasteiger charge is 2.17. The van der Waals surface area contributed by atoms with Crippen LogP contribution >= 0.6 is 0 Å². The Hall–Kier alpha value is -2.14. The van der Waals surface area contributed by atoms with Crippen LogP contribution in [0.1, 0.15) is 41.0 Å². The zero-order valence-electron chi connectivity index (χ0n) is 13.6. The molecule has 2 N–H and O–H groups in total. The molecular formula is C18H24N4O. The molecular weight excluding hydrogens is 288 g/mol. The number of amides is 1. The molecule has 1 fully saturated rings. The van der Waals surface area contributed by atoms with E-state index in [-0.39, 0.29) is 5.91 Å². The molecule has 2 aromatic rings. The Morgan fingerprint density at radius 2 is 2.39 bits per heavy atom. The van der Waals surface area contributed by atoms with Crippen LogP contribution in [0.5, 0.6) is 0 Å². The number of benzene rings is 1. The maximum Gasteiger partial charge on any atom is 0.251 e. The van der Waals surface area contributed by atoms with Gasteiger partial charge in [-0.15, -0.1) is 0 Å². The van der Waals surface area contributed by atoms with Crippen LogP contribution in [0.4, 0.5) is 0 Å². The lowest BCUT2D eigenvalue weighted by Crippen LogP contribution is -2.27. The van der Waals surface area contributed by atoms with E-state index in [1.54, 1.807) is 6.20 Å². The number of nitrogens with one attached hydrogen (secondary N) is 2. The average molecular weight is 312 g/mol. The van der Waals surface area contributed by atoms with Crippen molar-refractivity contribution in [2.24, 2.45) is 0 Å². The van der Waals surface area contributed by atoms with Gasteiger partial charge in [-0.1, -0.05) is 19.1 Å². The van der Waals surface area contributed by atoms with Gasteiger partial charge in [-0.05, 0) is 36.6 Å². The molecule has 1 amide bonds. The van der Waals surface area contributed by atoms with Gasteiger partial charge in [0.1, 0.15) is 5.82 Å². The standard InChI is InChI=1S/C18H24N4O/c1-2-17-20-8-10-22(17)11-9-21-18(23)15-5-3-4-14(12-15)16-6-7-19-13-16/h3-5,8,10,12,16,19H,2,6-7,9,11,13H2,1H3,(H,21,23)/t16-/m1/s1. The minimum atomic E-state index is -0.00373. The number of imidazole rings is 1. The summed E-state index contributed by atoms with van der Waals surface area (Å²) in [5, 5.41) is 6.37. The molecule has 2 heterocycles. The van der Waals surface area contributed by atoms with E-state index in [0.717, 1.165) is 43.9 Å². The van der Waals surface area contributed by atoms with Gasteiger partial charge >= 0.3 is 0 Å². The molecule has 0 saturated carbocycles. The van der Waals surface area contributed by atoms with Gasteiger partial charge < -0.3 is 15.2 Å². The van der Waals surface area contributed by atoms with Gasteiger partial charge in [0, 0.05) is 44.0 Å². The highest BCUT2D eigenvalue weighted by molar-refractivity contribution is 5.94. The second kappa shape index (κ2) is 7.42. The summed E-state index contributed by atoms with van der Waals surface area (Å²) in [7, 11) is 0. The third-order valence-corrected chi connectivity index (χ3v) is 4.44. The fourth-order valence-electron chi connectivity index (χ4n) is 3.12. The third kappa shape index (κ3) is 3.79. The van der Waals surface area contributed by atoms with Gasteiger partial charge in [0.25, 0.3) is 5.91 Å². The van der Waals surface area contributed by atoms with E-state index in [2.05, 4.69) is 33.2 Å². The van der Waals surface area contributed by atoms with E-state index < -0.39 is 0 Å². The fraction of sp³-hybridized carbons (Fsp3) is 0.444. The summed E-state index contributed by atoms with van der Waals surface area (Å²) in [4.78, 5) is 16.6. The summed E-state index contributed by atoms with van der Waals surface area (Å²) in [6, 6.07) is 8.01. The molecule has 5 nitrogen and oxygen atoms in total. The summed E-state index contributed by atoms with van der Waals surface area (Å²) >= 11 is 0. The second-order valence-electron chi connectivity index (χ2n) is 5.96. The van der Waals surface area contributed by atoms with Crippen LogP contribution in [0.2, 0.25) is 0 Å². The van der Waals surface area contributed by atoms with E-state index in [4.69, 9.17) is 0 Å². The van der Waals surface area contributed by atoms with Crippen LogP contribution in [-0.2, 0) is 13.0 Å². The van der Waals surface area contributed by atoms with Crippen LogP contribution in [0.3, 0.4) is 0 Å². The SMILES string of the molecule is CCc1nccn1CCNC(=O)c1cccc([C@@H]2CCNC2)c1. The number of aromatic nitrogens is 2. The van der Waals surface area contributed by atoms with Crippen LogP contribution < -0.4 is 10.6 Å². The number of rotatable bonds is 6. The molecule has 1 atom stereocenters. The Morgan fingerprint density at radius 1 is 1.48 bits per heavy atom. The molecule has 0 radical (unpaired) electrons.